The minimum atomic E-state index is -3.10. The molecule has 1 aromatic rings. The summed E-state index contributed by atoms with van der Waals surface area (Å²) in [6.07, 6.45) is 1.28. The molecule has 0 aromatic heterocycles. The Hall–Kier alpha value is -1.40. The normalized spacial score (nSPS) is 14.7. The summed E-state index contributed by atoms with van der Waals surface area (Å²) in [5.74, 6) is -0.313. The Bertz CT molecular complexity index is 514. The number of carbonyl (C=O) groups is 1. The highest BCUT2D eigenvalue weighted by molar-refractivity contribution is 7.90. The molecular weight excluding hydrogens is 264 g/mol. The molecule has 0 fully saturated rings. The Balaban J connectivity index is 2.47. The standard InChI is InChI=1S/C13H20N2O3S/c1-10(9-19(2,17)18)15-13(16)8-12(14)11-6-4-3-5-7-11/h3-7,10,12H,8-9,14H2,1-2H3,(H,15,16). The maximum absolute atomic E-state index is 11.7. The lowest BCUT2D eigenvalue weighted by Crippen LogP contribution is -2.38. The molecular formula is C13H20N2O3S. The Morgan fingerprint density at radius 2 is 1.89 bits per heavy atom. The molecule has 1 rings (SSSR count). The summed E-state index contributed by atoms with van der Waals surface area (Å²) in [7, 11) is -3.10. The molecule has 0 aliphatic rings. The minimum Gasteiger partial charge on any atom is -0.353 e. The van der Waals surface area contributed by atoms with Crippen LogP contribution in [0, 0.1) is 0 Å². The van der Waals surface area contributed by atoms with Crippen molar-refractivity contribution in [1.29, 1.82) is 0 Å². The van der Waals surface area contributed by atoms with E-state index in [1.807, 2.05) is 30.3 Å². The molecule has 3 N–H and O–H groups in total. The second-order valence-corrected chi connectivity index (χ2v) is 6.97. The second-order valence-electron chi connectivity index (χ2n) is 4.78. The highest BCUT2D eigenvalue weighted by Gasteiger charge is 2.16. The van der Waals surface area contributed by atoms with E-state index in [4.69, 9.17) is 5.73 Å². The summed E-state index contributed by atoms with van der Waals surface area (Å²) in [6, 6.07) is 8.52. The lowest BCUT2D eigenvalue weighted by atomic mass is 10.0. The van der Waals surface area contributed by atoms with Gasteiger partial charge >= 0.3 is 0 Å². The van der Waals surface area contributed by atoms with Gasteiger partial charge < -0.3 is 11.1 Å². The summed E-state index contributed by atoms with van der Waals surface area (Å²) < 4.78 is 22.2. The van der Waals surface area contributed by atoms with Crippen molar-refractivity contribution in [3.05, 3.63) is 35.9 Å². The number of carbonyl (C=O) groups excluding carboxylic acids is 1. The molecule has 0 aliphatic carbocycles. The van der Waals surface area contributed by atoms with Crippen LogP contribution >= 0.6 is 0 Å². The molecule has 106 valence electrons. The summed E-state index contributed by atoms with van der Waals surface area (Å²) in [5.41, 5.74) is 6.80. The molecule has 0 bridgehead atoms. The Morgan fingerprint density at radius 1 is 1.32 bits per heavy atom. The van der Waals surface area contributed by atoms with Crippen LogP contribution in [-0.4, -0.2) is 32.4 Å². The van der Waals surface area contributed by atoms with Crippen molar-refractivity contribution in [3.8, 4) is 0 Å². The number of hydrogen-bond donors (Lipinski definition) is 2. The van der Waals surface area contributed by atoms with E-state index in [0.29, 0.717) is 0 Å². The first-order chi connectivity index (χ1) is 8.78. The Kier molecular flexibility index (Phi) is 5.50. The molecule has 1 aromatic carbocycles. The minimum absolute atomic E-state index is 0.0701. The van der Waals surface area contributed by atoms with E-state index in [2.05, 4.69) is 5.32 Å². The van der Waals surface area contributed by atoms with E-state index >= 15 is 0 Å². The summed E-state index contributed by atoms with van der Waals surface area (Å²) in [5, 5.41) is 2.64. The van der Waals surface area contributed by atoms with Crippen molar-refractivity contribution in [2.75, 3.05) is 12.0 Å². The lowest BCUT2D eigenvalue weighted by molar-refractivity contribution is -0.121. The van der Waals surface area contributed by atoms with Crippen LogP contribution in [0.2, 0.25) is 0 Å². The molecule has 2 unspecified atom stereocenters. The first-order valence-electron chi connectivity index (χ1n) is 6.05. The van der Waals surface area contributed by atoms with Crippen molar-refractivity contribution in [1.82, 2.24) is 5.32 Å². The van der Waals surface area contributed by atoms with Crippen LogP contribution in [0.3, 0.4) is 0 Å². The zero-order valence-electron chi connectivity index (χ0n) is 11.2. The summed E-state index contributed by atoms with van der Waals surface area (Å²) >= 11 is 0. The number of hydrogen-bond acceptors (Lipinski definition) is 4. The molecule has 0 saturated carbocycles. The van der Waals surface area contributed by atoms with Gasteiger partial charge in [-0.1, -0.05) is 30.3 Å². The molecule has 2 atom stereocenters. The van der Waals surface area contributed by atoms with Crippen LogP contribution < -0.4 is 11.1 Å². The molecule has 0 radical (unpaired) electrons. The molecule has 5 nitrogen and oxygen atoms in total. The largest absolute Gasteiger partial charge is 0.353 e. The van der Waals surface area contributed by atoms with E-state index in [1.165, 1.54) is 0 Å². The molecule has 0 spiro atoms. The number of benzene rings is 1. The zero-order chi connectivity index (χ0) is 14.5. The fraction of sp³-hybridized carbons (Fsp3) is 0.462. The molecule has 1 amide bonds. The number of sulfone groups is 1. The maximum Gasteiger partial charge on any atom is 0.222 e. The molecule has 6 heteroatoms. The molecule has 0 heterocycles. The van der Waals surface area contributed by atoms with Crippen LogP contribution in [0.1, 0.15) is 24.9 Å². The Labute approximate surface area is 114 Å². The van der Waals surface area contributed by atoms with Crippen LogP contribution in [0.5, 0.6) is 0 Å². The first-order valence-corrected chi connectivity index (χ1v) is 8.11. The predicted octanol–water partition coefficient (Wildman–Crippen LogP) is 0.626. The van der Waals surface area contributed by atoms with Gasteiger partial charge in [-0.2, -0.15) is 0 Å². The van der Waals surface area contributed by atoms with Gasteiger partial charge in [-0.15, -0.1) is 0 Å². The predicted molar refractivity (Wildman–Crippen MR) is 75.3 cm³/mol. The fourth-order valence-electron chi connectivity index (χ4n) is 1.85. The topological polar surface area (TPSA) is 89.3 Å². The smallest absolute Gasteiger partial charge is 0.222 e. The van der Waals surface area contributed by atoms with Crippen LogP contribution in [-0.2, 0) is 14.6 Å². The van der Waals surface area contributed by atoms with Crippen molar-refractivity contribution in [2.45, 2.75) is 25.4 Å². The van der Waals surface area contributed by atoms with Crippen molar-refractivity contribution < 1.29 is 13.2 Å². The van der Waals surface area contributed by atoms with Gasteiger partial charge in [0.25, 0.3) is 0 Å². The number of nitrogens with two attached hydrogens (primary N) is 1. The molecule has 0 saturated heterocycles. The van der Waals surface area contributed by atoms with Gasteiger partial charge in [0.2, 0.25) is 5.91 Å². The zero-order valence-corrected chi connectivity index (χ0v) is 12.0. The van der Waals surface area contributed by atoms with Gasteiger partial charge in [0.1, 0.15) is 9.84 Å². The third-order valence-electron chi connectivity index (χ3n) is 2.59. The van der Waals surface area contributed by atoms with E-state index in [9.17, 15) is 13.2 Å². The average molecular weight is 284 g/mol. The number of nitrogens with one attached hydrogen (secondary N) is 1. The highest BCUT2D eigenvalue weighted by Crippen LogP contribution is 2.12. The second kappa shape index (κ2) is 6.68. The van der Waals surface area contributed by atoms with Gasteiger partial charge in [0, 0.05) is 24.8 Å². The van der Waals surface area contributed by atoms with Crippen LogP contribution in [0.4, 0.5) is 0 Å². The van der Waals surface area contributed by atoms with Crippen molar-refractivity contribution in [2.24, 2.45) is 5.73 Å². The third-order valence-corrected chi connectivity index (χ3v) is 3.70. The van der Waals surface area contributed by atoms with E-state index in [-0.39, 0.29) is 24.1 Å². The SMILES string of the molecule is CC(CS(C)(=O)=O)NC(=O)CC(N)c1ccccc1. The van der Waals surface area contributed by atoms with Crippen LogP contribution in [0.15, 0.2) is 30.3 Å². The lowest BCUT2D eigenvalue weighted by Gasteiger charge is -2.15. The Morgan fingerprint density at radius 3 is 2.42 bits per heavy atom. The van der Waals surface area contributed by atoms with Gasteiger partial charge in [0.05, 0.1) is 5.75 Å². The van der Waals surface area contributed by atoms with Crippen LogP contribution in [0.25, 0.3) is 0 Å². The third kappa shape index (κ3) is 6.35. The van der Waals surface area contributed by atoms with Gasteiger partial charge in [-0.3, -0.25) is 4.79 Å². The van der Waals surface area contributed by atoms with Gasteiger partial charge in [-0.25, -0.2) is 8.42 Å². The molecule has 0 aliphatic heterocycles. The average Bonchev–Trinajstić information content (AvgIpc) is 2.27. The molecule has 19 heavy (non-hydrogen) atoms. The fourth-order valence-corrected chi connectivity index (χ4v) is 2.84. The summed E-state index contributed by atoms with van der Waals surface area (Å²) in [4.78, 5) is 11.7. The maximum atomic E-state index is 11.7. The van der Waals surface area contributed by atoms with Crippen molar-refractivity contribution >= 4 is 15.7 Å². The monoisotopic (exact) mass is 284 g/mol. The van der Waals surface area contributed by atoms with E-state index in [0.717, 1.165) is 11.8 Å². The quantitative estimate of drug-likeness (QED) is 0.801. The summed E-state index contributed by atoms with van der Waals surface area (Å²) in [6.45, 7) is 1.66. The van der Waals surface area contributed by atoms with E-state index in [1.54, 1.807) is 6.92 Å². The highest BCUT2D eigenvalue weighted by atomic mass is 32.2. The number of rotatable bonds is 6. The van der Waals surface area contributed by atoms with Gasteiger partial charge in [-0.05, 0) is 12.5 Å². The van der Waals surface area contributed by atoms with Crippen molar-refractivity contribution in [3.63, 3.8) is 0 Å². The first kappa shape index (κ1) is 15.7. The van der Waals surface area contributed by atoms with Gasteiger partial charge in [0.15, 0.2) is 0 Å². The number of amides is 1. The van der Waals surface area contributed by atoms with E-state index < -0.39 is 15.9 Å².